The van der Waals surface area contributed by atoms with Crippen LogP contribution in [0.3, 0.4) is 0 Å². The number of hydrogen-bond acceptors (Lipinski definition) is 8. The molecule has 0 amide bonds. The summed E-state index contributed by atoms with van der Waals surface area (Å²) in [4.78, 5) is 17.6. The lowest BCUT2D eigenvalue weighted by Crippen LogP contribution is -2.06. The van der Waals surface area contributed by atoms with E-state index in [0.717, 1.165) is 14.2 Å². The fraction of sp³-hybridized carbons (Fsp3) is 0.714. The van der Waals surface area contributed by atoms with Crippen LogP contribution in [0, 0.1) is 0 Å². The second kappa shape index (κ2) is 7.74. The first kappa shape index (κ1) is 18.2. The van der Waals surface area contributed by atoms with Crippen LogP contribution in [0.15, 0.2) is 10.3 Å². The molecule has 0 aromatic carbocycles. The van der Waals surface area contributed by atoms with Crippen molar-refractivity contribution in [2.24, 2.45) is 10.3 Å². The van der Waals surface area contributed by atoms with E-state index in [-0.39, 0.29) is 24.7 Å². The lowest BCUT2D eigenvalue weighted by Gasteiger charge is -2.14. The van der Waals surface area contributed by atoms with Gasteiger partial charge in [-0.1, -0.05) is 10.3 Å². The van der Waals surface area contributed by atoms with Crippen molar-refractivity contribution in [3.63, 3.8) is 0 Å². The van der Waals surface area contributed by atoms with Gasteiger partial charge in [0.15, 0.2) is 10.9 Å². The van der Waals surface area contributed by atoms with Gasteiger partial charge >= 0.3 is 15.2 Å². The number of oxime groups is 2. The van der Waals surface area contributed by atoms with Gasteiger partial charge in [-0.25, -0.2) is 0 Å². The summed E-state index contributed by atoms with van der Waals surface area (Å²) in [7, 11) is -6.12. The summed E-state index contributed by atoms with van der Waals surface area (Å²) in [5.41, 5.74) is -1.00. The van der Waals surface area contributed by atoms with Crippen LogP contribution >= 0.6 is 15.2 Å². The first-order chi connectivity index (χ1) is 8.75. The Labute approximate surface area is 109 Å². The fourth-order valence-electron chi connectivity index (χ4n) is 1.19. The van der Waals surface area contributed by atoms with Gasteiger partial charge in [0.2, 0.25) is 0 Å². The topological polar surface area (TPSA) is 158 Å². The zero-order valence-electron chi connectivity index (χ0n) is 10.3. The minimum absolute atomic E-state index is 0.0145. The lowest BCUT2D eigenvalue weighted by molar-refractivity contribution is 0.282. The van der Waals surface area contributed by atoms with E-state index in [4.69, 9.17) is 20.2 Å². The van der Waals surface area contributed by atoms with E-state index in [1.807, 2.05) is 0 Å². The number of rotatable bonds is 8. The Morgan fingerprint density at radius 3 is 1.74 bits per heavy atom. The summed E-state index contributed by atoms with van der Waals surface area (Å²) in [6, 6.07) is 0. The molecule has 0 fully saturated rings. The third-order valence-corrected chi connectivity index (χ3v) is 5.06. The maximum absolute atomic E-state index is 11.9. The standard InChI is InChI=1S/C7H16N2O8P2/c1-16-19(15,17-2)7(9-11)5-3-4-6(8-10)18(12,13)14/h10-11H,3-5H2,1-2H3,(H2,12,13,14). The van der Waals surface area contributed by atoms with E-state index >= 15 is 0 Å². The molecular formula is C7H16N2O8P2. The number of hydrogen-bond donors (Lipinski definition) is 4. The molecule has 19 heavy (non-hydrogen) atoms. The predicted molar refractivity (Wildman–Crippen MR) is 66.0 cm³/mol. The Hall–Kier alpha value is -0.760. The van der Waals surface area contributed by atoms with Crippen LogP contribution in [0.25, 0.3) is 0 Å². The van der Waals surface area contributed by atoms with Crippen molar-refractivity contribution in [1.82, 2.24) is 0 Å². The highest BCUT2D eigenvalue weighted by Gasteiger charge is 2.31. The molecule has 0 aliphatic rings. The van der Waals surface area contributed by atoms with Crippen molar-refractivity contribution < 1.29 is 38.4 Å². The molecule has 0 aliphatic carbocycles. The van der Waals surface area contributed by atoms with E-state index in [0.29, 0.717) is 0 Å². The average Bonchev–Trinajstić information content (AvgIpc) is 2.36. The molecule has 0 radical (unpaired) electrons. The molecule has 0 aromatic heterocycles. The van der Waals surface area contributed by atoms with Crippen molar-refractivity contribution in [2.75, 3.05) is 14.2 Å². The summed E-state index contributed by atoms with van der Waals surface area (Å²) in [5, 5.41) is 22.5. The first-order valence-corrected chi connectivity index (χ1v) is 8.10. The van der Waals surface area contributed by atoms with Crippen LogP contribution in [-0.2, 0) is 18.2 Å². The first-order valence-electron chi connectivity index (χ1n) is 4.95. The molecule has 0 aromatic rings. The van der Waals surface area contributed by atoms with Gasteiger partial charge in [0.05, 0.1) is 0 Å². The van der Waals surface area contributed by atoms with Gasteiger partial charge in [-0.05, 0) is 6.42 Å². The van der Waals surface area contributed by atoms with Gasteiger partial charge in [0.25, 0.3) is 0 Å². The molecule has 0 aliphatic heterocycles. The zero-order valence-corrected chi connectivity index (χ0v) is 12.1. The molecule has 0 spiro atoms. The third-order valence-electron chi connectivity index (χ3n) is 2.16. The Morgan fingerprint density at radius 2 is 1.42 bits per heavy atom. The highest BCUT2D eigenvalue weighted by molar-refractivity contribution is 7.72. The SMILES string of the molecule is COP(=O)(OC)C(CCCC(=NO)P(=O)(O)O)=NO. The Bertz CT molecular complexity index is 434. The summed E-state index contributed by atoms with van der Waals surface area (Å²) in [6.07, 6.45) is -0.373. The monoisotopic (exact) mass is 318 g/mol. The maximum atomic E-state index is 11.9. The van der Waals surface area contributed by atoms with Crippen LogP contribution in [0.2, 0.25) is 0 Å². The third kappa shape index (κ3) is 5.40. The molecule has 0 heterocycles. The minimum atomic E-state index is -4.63. The van der Waals surface area contributed by atoms with Crippen molar-refractivity contribution in [2.45, 2.75) is 19.3 Å². The van der Waals surface area contributed by atoms with Crippen molar-refractivity contribution in [3.05, 3.63) is 0 Å². The second-order valence-electron chi connectivity index (χ2n) is 3.29. The quantitative estimate of drug-likeness (QED) is 0.226. The highest BCUT2D eigenvalue weighted by atomic mass is 31.2. The van der Waals surface area contributed by atoms with Crippen LogP contribution < -0.4 is 0 Å². The molecule has 0 saturated carbocycles. The molecule has 112 valence electrons. The van der Waals surface area contributed by atoms with Gasteiger partial charge in [0, 0.05) is 27.1 Å². The molecule has 0 unspecified atom stereocenters. The fourth-order valence-corrected chi connectivity index (χ4v) is 2.86. The van der Waals surface area contributed by atoms with Gasteiger partial charge in [0.1, 0.15) is 0 Å². The normalized spacial score (nSPS) is 14.7. The van der Waals surface area contributed by atoms with E-state index in [2.05, 4.69) is 19.4 Å². The Balaban J connectivity index is 4.65. The van der Waals surface area contributed by atoms with Crippen LogP contribution in [0.5, 0.6) is 0 Å². The van der Waals surface area contributed by atoms with Gasteiger partial charge < -0.3 is 29.2 Å². The van der Waals surface area contributed by atoms with Gasteiger partial charge in [-0.15, -0.1) is 0 Å². The van der Waals surface area contributed by atoms with Crippen LogP contribution in [0.4, 0.5) is 0 Å². The molecule has 10 nitrogen and oxygen atoms in total. The summed E-state index contributed by atoms with van der Waals surface area (Å²) in [5.74, 6) is 0. The molecule has 0 rings (SSSR count). The van der Waals surface area contributed by atoms with Crippen molar-refractivity contribution in [3.8, 4) is 0 Å². The van der Waals surface area contributed by atoms with E-state index in [1.165, 1.54) is 0 Å². The zero-order chi connectivity index (χ0) is 15.1. The van der Waals surface area contributed by atoms with Crippen LogP contribution in [0.1, 0.15) is 19.3 Å². The average molecular weight is 318 g/mol. The lowest BCUT2D eigenvalue weighted by atomic mass is 10.2. The number of nitrogens with zero attached hydrogens (tertiary/aromatic N) is 2. The molecule has 0 atom stereocenters. The highest BCUT2D eigenvalue weighted by Crippen LogP contribution is 2.49. The van der Waals surface area contributed by atoms with Crippen LogP contribution in [-0.4, -0.2) is 45.3 Å². The molecule has 0 bridgehead atoms. The Morgan fingerprint density at radius 1 is 1.00 bits per heavy atom. The van der Waals surface area contributed by atoms with E-state index in [1.54, 1.807) is 0 Å². The predicted octanol–water partition coefficient (Wildman–Crippen LogP) is 1.40. The van der Waals surface area contributed by atoms with Crippen molar-refractivity contribution >= 4 is 26.1 Å². The minimum Gasteiger partial charge on any atom is -0.410 e. The molecule has 4 N–H and O–H groups in total. The largest absolute Gasteiger partial charge is 0.410 e. The second-order valence-corrected chi connectivity index (χ2v) is 7.14. The summed E-state index contributed by atoms with van der Waals surface area (Å²) >= 11 is 0. The Kier molecular flexibility index (Phi) is 7.43. The smallest absolute Gasteiger partial charge is 0.378 e. The molecular weight excluding hydrogens is 302 g/mol. The van der Waals surface area contributed by atoms with Crippen molar-refractivity contribution in [1.29, 1.82) is 0 Å². The summed E-state index contributed by atoms with van der Waals surface area (Å²) in [6.45, 7) is 0. The van der Waals surface area contributed by atoms with Gasteiger partial charge in [-0.3, -0.25) is 9.13 Å². The maximum Gasteiger partial charge on any atom is 0.378 e. The van der Waals surface area contributed by atoms with E-state index < -0.39 is 20.6 Å². The molecule has 12 heteroatoms. The summed E-state index contributed by atoms with van der Waals surface area (Å²) < 4.78 is 31.9. The van der Waals surface area contributed by atoms with Gasteiger partial charge in [-0.2, -0.15) is 0 Å². The van der Waals surface area contributed by atoms with E-state index in [9.17, 15) is 9.13 Å². The molecule has 0 saturated heterocycles.